The SMILES string of the molecule is N[C@@H](CCO)c1cccc(Br)c1Br. The predicted octanol–water partition coefficient (Wildman–Crippen LogP) is 2.59. The molecule has 72 valence electrons. The fraction of sp³-hybridized carbons (Fsp3) is 0.333. The number of rotatable bonds is 3. The van der Waals surface area contributed by atoms with E-state index in [0.717, 1.165) is 14.5 Å². The Morgan fingerprint density at radius 1 is 1.38 bits per heavy atom. The van der Waals surface area contributed by atoms with Crippen LogP contribution in [-0.4, -0.2) is 11.7 Å². The number of halogens is 2. The number of hydrogen-bond acceptors (Lipinski definition) is 2. The first-order valence-corrected chi connectivity index (χ1v) is 5.55. The van der Waals surface area contributed by atoms with E-state index in [1.165, 1.54) is 0 Å². The third-order valence-electron chi connectivity index (χ3n) is 1.82. The summed E-state index contributed by atoms with van der Waals surface area (Å²) in [6, 6.07) is 5.72. The van der Waals surface area contributed by atoms with Crippen LogP contribution in [0.4, 0.5) is 0 Å². The summed E-state index contributed by atoms with van der Waals surface area (Å²) < 4.78 is 1.95. The predicted molar refractivity (Wildman–Crippen MR) is 60.5 cm³/mol. The van der Waals surface area contributed by atoms with Gasteiger partial charge in [0.1, 0.15) is 0 Å². The molecule has 0 aliphatic carbocycles. The lowest BCUT2D eigenvalue weighted by Crippen LogP contribution is -2.12. The molecular formula is C9H11Br2NO. The molecular weight excluding hydrogens is 298 g/mol. The minimum absolute atomic E-state index is 0.111. The molecule has 0 bridgehead atoms. The first kappa shape index (κ1) is 11.2. The maximum atomic E-state index is 8.75. The van der Waals surface area contributed by atoms with Gasteiger partial charge < -0.3 is 10.8 Å². The van der Waals surface area contributed by atoms with E-state index in [1.54, 1.807) is 0 Å². The van der Waals surface area contributed by atoms with Gasteiger partial charge in [-0.2, -0.15) is 0 Å². The van der Waals surface area contributed by atoms with Gasteiger partial charge in [-0.3, -0.25) is 0 Å². The molecule has 0 radical (unpaired) electrons. The molecule has 0 spiro atoms. The van der Waals surface area contributed by atoms with Crippen LogP contribution in [0.15, 0.2) is 27.1 Å². The molecule has 4 heteroatoms. The molecule has 0 unspecified atom stereocenters. The summed E-state index contributed by atoms with van der Waals surface area (Å²) in [5.74, 6) is 0. The van der Waals surface area contributed by atoms with E-state index in [-0.39, 0.29) is 12.6 Å². The van der Waals surface area contributed by atoms with Crippen LogP contribution in [0.2, 0.25) is 0 Å². The van der Waals surface area contributed by atoms with E-state index < -0.39 is 0 Å². The van der Waals surface area contributed by atoms with E-state index in [9.17, 15) is 0 Å². The summed E-state index contributed by atoms with van der Waals surface area (Å²) >= 11 is 6.84. The summed E-state index contributed by atoms with van der Waals surface area (Å²) in [5, 5.41) is 8.75. The highest BCUT2D eigenvalue weighted by molar-refractivity contribution is 9.13. The van der Waals surface area contributed by atoms with Crippen molar-refractivity contribution >= 4 is 31.9 Å². The Hall–Kier alpha value is 0.1000. The zero-order chi connectivity index (χ0) is 9.84. The van der Waals surface area contributed by atoms with E-state index in [0.29, 0.717) is 6.42 Å². The van der Waals surface area contributed by atoms with Crippen molar-refractivity contribution in [2.45, 2.75) is 12.5 Å². The first-order valence-electron chi connectivity index (χ1n) is 3.97. The summed E-state index contributed by atoms with van der Waals surface area (Å²) in [6.45, 7) is 0.111. The molecule has 0 saturated carbocycles. The molecule has 0 aromatic heterocycles. The molecule has 1 atom stereocenters. The largest absolute Gasteiger partial charge is 0.396 e. The third kappa shape index (κ3) is 2.77. The van der Waals surface area contributed by atoms with Gasteiger partial charge in [-0.15, -0.1) is 0 Å². The van der Waals surface area contributed by atoms with Gasteiger partial charge in [0, 0.05) is 21.6 Å². The lowest BCUT2D eigenvalue weighted by molar-refractivity contribution is 0.276. The van der Waals surface area contributed by atoms with Crippen molar-refractivity contribution in [1.82, 2.24) is 0 Å². The van der Waals surface area contributed by atoms with Crippen molar-refractivity contribution in [3.8, 4) is 0 Å². The van der Waals surface area contributed by atoms with Gasteiger partial charge >= 0.3 is 0 Å². The molecule has 0 fully saturated rings. The molecule has 3 N–H and O–H groups in total. The van der Waals surface area contributed by atoms with Gasteiger partial charge in [-0.25, -0.2) is 0 Å². The smallest absolute Gasteiger partial charge is 0.0449 e. The normalized spacial score (nSPS) is 12.9. The third-order valence-corrected chi connectivity index (χ3v) is 3.90. The fourth-order valence-corrected chi connectivity index (χ4v) is 2.04. The fourth-order valence-electron chi connectivity index (χ4n) is 1.10. The molecule has 1 aromatic carbocycles. The summed E-state index contributed by atoms with van der Waals surface area (Å²) in [6.07, 6.45) is 0.578. The van der Waals surface area contributed by atoms with Gasteiger partial charge in [0.05, 0.1) is 0 Å². The van der Waals surface area contributed by atoms with Gasteiger partial charge in [-0.1, -0.05) is 12.1 Å². The summed E-state index contributed by atoms with van der Waals surface area (Å²) in [4.78, 5) is 0. The lowest BCUT2D eigenvalue weighted by atomic mass is 10.1. The summed E-state index contributed by atoms with van der Waals surface area (Å²) in [5.41, 5.74) is 6.88. The monoisotopic (exact) mass is 307 g/mol. The Kier molecular flexibility index (Phi) is 4.38. The molecule has 0 aliphatic rings. The van der Waals surface area contributed by atoms with Crippen molar-refractivity contribution in [3.63, 3.8) is 0 Å². The van der Waals surface area contributed by atoms with Crippen molar-refractivity contribution in [3.05, 3.63) is 32.7 Å². The number of aliphatic hydroxyl groups excluding tert-OH is 1. The Bertz CT molecular complexity index is 291. The van der Waals surface area contributed by atoms with Gasteiger partial charge in [0.25, 0.3) is 0 Å². The van der Waals surface area contributed by atoms with Crippen LogP contribution in [0.1, 0.15) is 18.0 Å². The van der Waals surface area contributed by atoms with Crippen LogP contribution in [0.3, 0.4) is 0 Å². The van der Waals surface area contributed by atoms with Crippen molar-refractivity contribution < 1.29 is 5.11 Å². The highest BCUT2D eigenvalue weighted by Gasteiger charge is 2.10. The molecule has 2 nitrogen and oxygen atoms in total. The maximum Gasteiger partial charge on any atom is 0.0449 e. The van der Waals surface area contributed by atoms with Crippen molar-refractivity contribution in [2.24, 2.45) is 5.73 Å². The van der Waals surface area contributed by atoms with Crippen LogP contribution in [0.5, 0.6) is 0 Å². The number of benzene rings is 1. The van der Waals surface area contributed by atoms with Crippen LogP contribution in [0.25, 0.3) is 0 Å². The van der Waals surface area contributed by atoms with Gasteiger partial charge in [0.2, 0.25) is 0 Å². The molecule has 0 amide bonds. The molecule has 13 heavy (non-hydrogen) atoms. The second kappa shape index (κ2) is 5.10. The van der Waals surface area contributed by atoms with E-state index in [2.05, 4.69) is 31.9 Å². The van der Waals surface area contributed by atoms with Crippen LogP contribution >= 0.6 is 31.9 Å². The average molecular weight is 309 g/mol. The van der Waals surface area contributed by atoms with Crippen molar-refractivity contribution in [2.75, 3.05) is 6.61 Å². The Morgan fingerprint density at radius 2 is 2.08 bits per heavy atom. The zero-order valence-electron chi connectivity index (χ0n) is 7.00. The Balaban J connectivity index is 2.93. The van der Waals surface area contributed by atoms with E-state index in [1.807, 2.05) is 18.2 Å². The Labute approximate surface area is 94.4 Å². The van der Waals surface area contributed by atoms with Crippen LogP contribution in [-0.2, 0) is 0 Å². The van der Waals surface area contributed by atoms with Gasteiger partial charge in [0.15, 0.2) is 0 Å². The highest BCUT2D eigenvalue weighted by atomic mass is 79.9. The molecule has 1 rings (SSSR count). The van der Waals surface area contributed by atoms with E-state index in [4.69, 9.17) is 10.8 Å². The zero-order valence-corrected chi connectivity index (χ0v) is 10.2. The molecule has 1 aromatic rings. The minimum Gasteiger partial charge on any atom is -0.396 e. The van der Waals surface area contributed by atoms with Crippen molar-refractivity contribution in [1.29, 1.82) is 0 Å². The molecule has 0 saturated heterocycles. The minimum atomic E-state index is -0.114. The topological polar surface area (TPSA) is 46.2 Å². The second-order valence-electron chi connectivity index (χ2n) is 2.76. The number of hydrogen-bond donors (Lipinski definition) is 2. The lowest BCUT2D eigenvalue weighted by Gasteiger charge is -2.13. The highest BCUT2D eigenvalue weighted by Crippen LogP contribution is 2.30. The number of aliphatic hydroxyl groups is 1. The van der Waals surface area contributed by atoms with E-state index >= 15 is 0 Å². The first-order chi connectivity index (χ1) is 6.16. The standard InChI is InChI=1S/C9H11Br2NO/c10-7-3-1-2-6(9(7)11)8(12)4-5-13/h1-3,8,13H,4-5,12H2/t8-/m0/s1. The second-order valence-corrected chi connectivity index (χ2v) is 4.41. The van der Waals surface area contributed by atoms with Gasteiger partial charge in [-0.05, 0) is 49.9 Å². The molecule has 0 aliphatic heterocycles. The van der Waals surface area contributed by atoms with Crippen LogP contribution < -0.4 is 5.73 Å². The number of nitrogens with two attached hydrogens (primary N) is 1. The van der Waals surface area contributed by atoms with Crippen LogP contribution in [0, 0.1) is 0 Å². The maximum absolute atomic E-state index is 8.75. The Morgan fingerprint density at radius 3 is 2.69 bits per heavy atom. The summed E-state index contributed by atoms with van der Waals surface area (Å²) in [7, 11) is 0. The molecule has 0 heterocycles. The average Bonchev–Trinajstić information content (AvgIpc) is 2.10. The quantitative estimate of drug-likeness (QED) is 0.901.